The lowest BCUT2D eigenvalue weighted by molar-refractivity contribution is -0.149. The van der Waals surface area contributed by atoms with Crippen LogP contribution < -0.4 is 0 Å². The Kier molecular flexibility index (Phi) is 5.67. The van der Waals surface area contributed by atoms with Crippen LogP contribution in [0.2, 0.25) is 0 Å². The first-order chi connectivity index (χ1) is 6.82. The Morgan fingerprint density at radius 1 is 1.33 bits per heavy atom. The largest absolute Gasteiger partial charge is 0.478 e. The summed E-state index contributed by atoms with van der Waals surface area (Å²) in [6, 6.07) is 0. The molecule has 0 aliphatic rings. The number of carboxylic acid groups (broad SMARTS) is 1. The highest BCUT2D eigenvalue weighted by molar-refractivity contribution is 5.91. The zero-order valence-electron chi connectivity index (χ0n) is 9.45. The molecule has 0 aromatic heterocycles. The first kappa shape index (κ1) is 13.7. The van der Waals surface area contributed by atoms with Crippen molar-refractivity contribution in [1.29, 1.82) is 0 Å². The van der Waals surface area contributed by atoms with Crippen molar-refractivity contribution in [1.82, 2.24) is 0 Å². The number of esters is 1. The molecule has 0 aliphatic carbocycles. The molecule has 1 atom stereocenters. The third-order valence-electron chi connectivity index (χ3n) is 1.80. The van der Waals surface area contributed by atoms with E-state index in [9.17, 15) is 9.59 Å². The summed E-state index contributed by atoms with van der Waals surface area (Å²) < 4.78 is 5.02. The minimum atomic E-state index is -1.16. The topological polar surface area (TPSA) is 63.6 Å². The van der Waals surface area contributed by atoms with Gasteiger partial charge in [0.05, 0.1) is 12.5 Å². The number of ether oxygens (including phenoxy) is 1. The fraction of sp³-hybridized carbons (Fsp3) is 0.636. The third-order valence-corrected chi connectivity index (χ3v) is 1.80. The van der Waals surface area contributed by atoms with Gasteiger partial charge in [-0.2, -0.15) is 0 Å². The van der Waals surface area contributed by atoms with Crippen molar-refractivity contribution in [3.63, 3.8) is 0 Å². The second-order valence-corrected chi connectivity index (χ2v) is 4.02. The summed E-state index contributed by atoms with van der Waals surface area (Å²) in [5.41, 5.74) is -0.142. The van der Waals surface area contributed by atoms with Crippen LogP contribution in [-0.4, -0.2) is 23.1 Å². The number of carbonyl (C=O) groups excluding carboxylic acids is 1. The van der Waals surface area contributed by atoms with Crippen molar-refractivity contribution in [2.24, 2.45) is 5.92 Å². The predicted octanol–water partition coefficient (Wildman–Crippen LogP) is 2.00. The van der Waals surface area contributed by atoms with Gasteiger partial charge in [-0.25, -0.2) is 4.79 Å². The Balaban J connectivity index is 3.93. The van der Waals surface area contributed by atoms with E-state index >= 15 is 0 Å². The molecule has 0 bridgehead atoms. The maximum absolute atomic E-state index is 11.2. The van der Waals surface area contributed by atoms with Crippen LogP contribution in [-0.2, 0) is 14.3 Å². The normalized spacial score (nSPS) is 12.3. The molecule has 0 aliphatic heterocycles. The zero-order chi connectivity index (χ0) is 12.0. The molecule has 4 nitrogen and oxygen atoms in total. The summed E-state index contributed by atoms with van der Waals surface area (Å²) in [4.78, 5) is 21.6. The number of aliphatic carboxylic acids is 1. The van der Waals surface area contributed by atoms with Gasteiger partial charge in [-0.1, -0.05) is 20.4 Å². The zero-order valence-corrected chi connectivity index (χ0v) is 9.45. The van der Waals surface area contributed by atoms with Gasteiger partial charge in [-0.05, 0) is 19.3 Å². The molecule has 0 heterocycles. The third kappa shape index (κ3) is 6.71. The summed E-state index contributed by atoms with van der Waals surface area (Å²) in [5, 5.41) is 8.50. The lowest BCUT2D eigenvalue weighted by Gasteiger charge is -2.14. The number of carbonyl (C=O) groups is 2. The van der Waals surface area contributed by atoms with Crippen LogP contribution in [0.15, 0.2) is 12.2 Å². The molecular weight excluding hydrogens is 196 g/mol. The fourth-order valence-electron chi connectivity index (χ4n) is 1.23. The van der Waals surface area contributed by atoms with Gasteiger partial charge in [0.1, 0.15) is 0 Å². The second-order valence-electron chi connectivity index (χ2n) is 4.02. The smallest absolute Gasteiger partial charge is 0.331 e. The van der Waals surface area contributed by atoms with E-state index in [1.165, 1.54) is 0 Å². The van der Waals surface area contributed by atoms with Gasteiger partial charge >= 0.3 is 11.9 Å². The lowest BCUT2D eigenvalue weighted by atomic mass is 10.1. The monoisotopic (exact) mass is 214 g/mol. The van der Waals surface area contributed by atoms with E-state index in [0.29, 0.717) is 5.92 Å². The maximum atomic E-state index is 11.2. The van der Waals surface area contributed by atoms with Crippen LogP contribution in [0.1, 0.15) is 33.6 Å². The van der Waals surface area contributed by atoms with Crippen molar-refractivity contribution in [3.8, 4) is 0 Å². The Hall–Kier alpha value is -1.32. The minimum Gasteiger partial charge on any atom is -0.478 e. The molecule has 0 rings (SSSR count). The van der Waals surface area contributed by atoms with Gasteiger partial charge < -0.3 is 9.84 Å². The van der Waals surface area contributed by atoms with E-state index in [4.69, 9.17) is 9.84 Å². The van der Waals surface area contributed by atoms with E-state index in [1.54, 1.807) is 6.92 Å². The Labute approximate surface area is 89.9 Å². The highest BCUT2D eigenvalue weighted by Gasteiger charge is 2.14. The summed E-state index contributed by atoms with van der Waals surface area (Å²) in [6.45, 7) is 9.11. The highest BCUT2D eigenvalue weighted by atomic mass is 16.5. The number of carboxylic acids is 1. The van der Waals surface area contributed by atoms with E-state index in [2.05, 4.69) is 6.58 Å². The number of hydrogen-bond acceptors (Lipinski definition) is 3. The molecule has 0 amide bonds. The van der Waals surface area contributed by atoms with Crippen LogP contribution in [0.3, 0.4) is 0 Å². The molecule has 0 saturated heterocycles. The molecular formula is C11H18O4. The summed E-state index contributed by atoms with van der Waals surface area (Å²) in [7, 11) is 0. The van der Waals surface area contributed by atoms with Crippen LogP contribution in [0.25, 0.3) is 0 Å². The van der Waals surface area contributed by atoms with Gasteiger partial charge in [-0.3, -0.25) is 4.79 Å². The van der Waals surface area contributed by atoms with Crippen molar-refractivity contribution < 1.29 is 19.4 Å². The fourth-order valence-corrected chi connectivity index (χ4v) is 1.23. The first-order valence-corrected chi connectivity index (χ1v) is 4.93. The van der Waals surface area contributed by atoms with Crippen LogP contribution in [0.5, 0.6) is 0 Å². The molecule has 15 heavy (non-hydrogen) atoms. The minimum absolute atomic E-state index is 0.142. The van der Waals surface area contributed by atoms with Crippen LogP contribution in [0.4, 0.5) is 0 Å². The maximum Gasteiger partial charge on any atom is 0.331 e. The summed E-state index contributed by atoms with van der Waals surface area (Å²) >= 11 is 0. The average molecular weight is 214 g/mol. The van der Waals surface area contributed by atoms with Crippen LogP contribution in [0, 0.1) is 5.92 Å². The molecule has 0 fully saturated rings. The molecule has 0 radical (unpaired) electrons. The molecule has 4 heteroatoms. The van der Waals surface area contributed by atoms with E-state index in [0.717, 1.165) is 6.42 Å². The van der Waals surface area contributed by atoms with Crippen molar-refractivity contribution in [2.45, 2.75) is 39.7 Å². The van der Waals surface area contributed by atoms with Gasteiger partial charge in [0.2, 0.25) is 0 Å². The average Bonchev–Trinajstić information content (AvgIpc) is 2.00. The summed E-state index contributed by atoms with van der Waals surface area (Å²) in [5.74, 6) is -1.26. The summed E-state index contributed by atoms with van der Waals surface area (Å²) in [6.07, 6.45) is 0.336. The molecule has 86 valence electrons. The predicted molar refractivity (Wildman–Crippen MR) is 56.4 cm³/mol. The Bertz CT molecular complexity index is 255. The van der Waals surface area contributed by atoms with Crippen molar-refractivity contribution >= 4 is 11.9 Å². The van der Waals surface area contributed by atoms with Gasteiger partial charge in [0.25, 0.3) is 0 Å². The Morgan fingerprint density at radius 3 is 2.27 bits per heavy atom. The second kappa shape index (κ2) is 6.22. The number of hydrogen-bond donors (Lipinski definition) is 1. The van der Waals surface area contributed by atoms with Crippen molar-refractivity contribution in [2.75, 3.05) is 0 Å². The van der Waals surface area contributed by atoms with Gasteiger partial charge in [0.15, 0.2) is 0 Å². The van der Waals surface area contributed by atoms with E-state index < -0.39 is 11.9 Å². The molecule has 0 spiro atoms. The van der Waals surface area contributed by atoms with Gasteiger partial charge in [0, 0.05) is 5.57 Å². The van der Waals surface area contributed by atoms with E-state index in [-0.39, 0.29) is 18.1 Å². The Morgan fingerprint density at radius 2 is 1.87 bits per heavy atom. The molecule has 1 N–H and O–H groups in total. The molecule has 1 unspecified atom stereocenters. The van der Waals surface area contributed by atoms with E-state index in [1.807, 2.05) is 13.8 Å². The van der Waals surface area contributed by atoms with Crippen molar-refractivity contribution in [3.05, 3.63) is 12.2 Å². The number of rotatable bonds is 6. The highest BCUT2D eigenvalue weighted by Crippen LogP contribution is 2.09. The van der Waals surface area contributed by atoms with Gasteiger partial charge in [-0.15, -0.1) is 0 Å². The molecule has 0 saturated carbocycles. The molecule has 0 aromatic rings. The SMILES string of the molecule is C=C(CC(=O)OC(C)CC(C)C)C(=O)O. The first-order valence-electron chi connectivity index (χ1n) is 4.93. The van der Waals surface area contributed by atoms with Crippen LogP contribution >= 0.6 is 0 Å². The lowest BCUT2D eigenvalue weighted by Crippen LogP contribution is -2.18. The quantitative estimate of drug-likeness (QED) is 0.542. The molecule has 0 aromatic carbocycles. The standard InChI is InChI=1S/C11H18O4/c1-7(2)5-9(4)15-10(12)6-8(3)11(13)14/h7,9H,3,5-6H2,1-2,4H3,(H,13,14).